The van der Waals surface area contributed by atoms with Crippen LogP contribution >= 0.6 is 11.8 Å². The molecule has 0 unspecified atom stereocenters. The maximum Gasteiger partial charge on any atom is 0.573 e. The number of aromatic nitrogens is 2. The van der Waals surface area contributed by atoms with Crippen LogP contribution < -0.4 is 10.2 Å². The van der Waals surface area contributed by atoms with E-state index in [4.69, 9.17) is 4.99 Å². The Labute approximate surface area is 227 Å². The van der Waals surface area contributed by atoms with Crippen LogP contribution in [-0.4, -0.2) is 33.6 Å². The number of halogens is 3. The lowest BCUT2D eigenvalue weighted by Gasteiger charge is -2.10. The van der Waals surface area contributed by atoms with Crippen LogP contribution in [0.1, 0.15) is 16.7 Å². The molecule has 0 atom stereocenters. The summed E-state index contributed by atoms with van der Waals surface area (Å²) in [4.78, 5) is 9.30. The van der Waals surface area contributed by atoms with Crippen LogP contribution in [0, 0.1) is 13.8 Å². The van der Waals surface area contributed by atoms with Crippen molar-refractivity contribution in [2.24, 2.45) is 10.1 Å². The van der Waals surface area contributed by atoms with E-state index in [-0.39, 0.29) is 5.75 Å². The second kappa shape index (κ2) is 10.8. The number of nitrogens with zero attached hydrogens (tertiary/aromatic N) is 4. The number of imidazole rings is 1. The summed E-state index contributed by atoms with van der Waals surface area (Å²) in [7, 11) is 0. The molecular weight excluding hydrogens is 523 g/mol. The number of para-hydroxylation sites is 1. The summed E-state index contributed by atoms with van der Waals surface area (Å²) in [6.45, 7) is 4.07. The maximum absolute atomic E-state index is 12.5. The first kappa shape index (κ1) is 26.3. The summed E-state index contributed by atoms with van der Waals surface area (Å²) < 4.78 is 43.2. The minimum absolute atomic E-state index is 0.272. The lowest BCUT2D eigenvalue weighted by atomic mass is 10.1. The minimum Gasteiger partial charge on any atom is -0.406 e. The van der Waals surface area contributed by atoms with Gasteiger partial charge in [0.1, 0.15) is 12.1 Å². The third kappa shape index (κ3) is 5.91. The first-order valence-electron chi connectivity index (χ1n) is 12.0. The number of aliphatic imine (C=N–C) groups is 1. The highest BCUT2D eigenvalue weighted by Gasteiger charge is 2.31. The number of fused-ring (bicyclic) bond motifs is 3. The molecule has 5 aromatic rings. The molecule has 0 aliphatic heterocycles. The minimum atomic E-state index is -4.73. The lowest BCUT2D eigenvalue weighted by molar-refractivity contribution is -0.274. The summed E-state index contributed by atoms with van der Waals surface area (Å²) in [5, 5.41) is 7.01. The van der Waals surface area contributed by atoms with Gasteiger partial charge in [-0.15, -0.1) is 13.2 Å². The molecular formula is C29H24F3N5OS. The molecule has 1 aromatic heterocycles. The lowest BCUT2D eigenvalue weighted by Crippen LogP contribution is -2.17. The average molecular weight is 548 g/mol. The molecule has 0 saturated heterocycles. The normalized spacial score (nSPS) is 12.5. The molecule has 0 aliphatic rings. The molecule has 10 heteroatoms. The molecule has 0 bridgehead atoms. The first-order chi connectivity index (χ1) is 18.7. The van der Waals surface area contributed by atoms with E-state index in [0.29, 0.717) is 10.9 Å². The molecule has 0 saturated carbocycles. The van der Waals surface area contributed by atoms with E-state index in [0.717, 1.165) is 44.2 Å². The maximum atomic E-state index is 12.5. The number of hydrazone groups is 1. The monoisotopic (exact) mass is 547 g/mol. The zero-order valence-corrected chi connectivity index (χ0v) is 22.1. The van der Waals surface area contributed by atoms with Gasteiger partial charge in [0.05, 0.1) is 22.9 Å². The fraction of sp³-hybridized carbons (Fsp3) is 0.138. The molecule has 1 heterocycles. The van der Waals surface area contributed by atoms with Gasteiger partial charge in [-0.1, -0.05) is 48.2 Å². The zero-order chi connectivity index (χ0) is 27.6. The number of hydrogen-bond acceptors (Lipinski definition) is 5. The Kier molecular flexibility index (Phi) is 7.30. The fourth-order valence-corrected chi connectivity index (χ4v) is 4.61. The van der Waals surface area contributed by atoms with Crippen LogP contribution in [-0.2, 0) is 0 Å². The highest BCUT2D eigenvalue weighted by molar-refractivity contribution is 8.13. The van der Waals surface area contributed by atoms with Gasteiger partial charge in [-0.05, 0) is 78.6 Å². The Morgan fingerprint density at radius 1 is 1.00 bits per heavy atom. The van der Waals surface area contributed by atoms with Gasteiger partial charge in [0.15, 0.2) is 5.17 Å². The van der Waals surface area contributed by atoms with E-state index in [1.807, 2.05) is 73.2 Å². The molecule has 0 aliphatic carbocycles. The summed E-state index contributed by atoms with van der Waals surface area (Å²) in [5.74, 6) is -0.272. The number of hydrogen-bond donors (Lipinski definition) is 1. The zero-order valence-electron chi connectivity index (χ0n) is 21.3. The smallest absolute Gasteiger partial charge is 0.406 e. The molecule has 39 heavy (non-hydrogen) atoms. The summed E-state index contributed by atoms with van der Waals surface area (Å²) >= 11 is 1.48. The van der Waals surface area contributed by atoms with Gasteiger partial charge in [0.25, 0.3) is 0 Å². The van der Waals surface area contributed by atoms with E-state index < -0.39 is 6.36 Å². The highest BCUT2D eigenvalue weighted by Crippen LogP contribution is 2.29. The van der Waals surface area contributed by atoms with Crippen molar-refractivity contribution in [2.75, 3.05) is 6.26 Å². The molecule has 0 spiro atoms. The number of ether oxygens (including phenoxy) is 1. The Hall–Kier alpha value is -4.31. The number of rotatable bonds is 5. The largest absolute Gasteiger partial charge is 0.573 e. The van der Waals surface area contributed by atoms with E-state index >= 15 is 0 Å². The number of aryl methyl sites for hydroxylation is 2. The van der Waals surface area contributed by atoms with Crippen LogP contribution in [0.3, 0.4) is 0 Å². The standard InChI is InChI=1S/C29H24F3N5OS/c1-18-5-4-6-19(2)26(18)35-28(39-3)36-34-16-20-7-13-24-21(15-20)8-14-25-27(24)33-17-37(25)22-9-11-23(12-10-22)38-29(30,31)32/h4-17H,1-3H3,(H,35,36). The highest BCUT2D eigenvalue weighted by atomic mass is 32.2. The Morgan fingerprint density at radius 2 is 1.74 bits per heavy atom. The van der Waals surface area contributed by atoms with Gasteiger partial charge in [-0.2, -0.15) is 5.10 Å². The number of nitrogens with one attached hydrogen (secondary N) is 1. The van der Waals surface area contributed by atoms with Crippen LogP contribution in [0.15, 0.2) is 89.2 Å². The van der Waals surface area contributed by atoms with Crippen molar-refractivity contribution in [1.29, 1.82) is 0 Å². The van der Waals surface area contributed by atoms with E-state index in [1.165, 1.54) is 23.9 Å². The number of benzene rings is 4. The van der Waals surface area contributed by atoms with Crippen molar-refractivity contribution in [3.63, 3.8) is 0 Å². The van der Waals surface area contributed by atoms with E-state index in [2.05, 4.69) is 20.2 Å². The predicted octanol–water partition coefficient (Wildman–Crippen LogP) is 7.67. The van der Waals surface area contributed by atoms with E-state index in [9.17, 15) is 13.2 Å². The molecule has 198 valence electrons. The van der Waals surface area contributed by atoms with Gasteiger partial charge in [-0.3, -0.25) is 9.99 Å². The molecule has 5 rings (SSSR count). The van der Waals surface area contributed by atoms with Crippen molar-refractivity contribution >= 4 is 50.6 Å². The van der Waals surface area contributed by atoms with Crippen molar-refractivity contribution in [3.05, 3.63) is 95.8 Å². The third-order valence-corrected chi connectivity index (χ3v) is 6.69. The molecule has 0 amide bonds. The SMILES string of the molecule is CSC(=Nc1c(C)cccc1C)NN=Cc1ccc2c(ccc3c2ncn3-c2ccc(OC(F)(F)F)cc2)c1. The van der Waals surface area contributed by atoms with Crippen LogP contribution in [0.25, 0.3) is 27.5 Å². The van der Waals surface area contributed by atoms with Crippen LogP contribution in [0.2, 0.25) is 0 Å². The Morgan fingerprint density at radius 3 is 2.44 bits per heavy atom. The van der Waals surface area contributed by atoms with Gasteiger partial charge >= 0.3 is 6.36 Å². The average Bonchev–Trinajstić information content (AvgIpc) is 3.34. The molecule has 4 aromatic carbocycles. The van der Waals surface area contributed by atoms with Crippen molar-refractivity contribution in [2.45, 2.75) is 20.2 Å². The summed E-state index contributed by atoms with van der Waals surface area (Å²) in [5.41, 5.74) is 9.37. The van der Waals surface area contributed by atoms with Gasteiger partial charge in [0, 0.05) is 11.1 Å². The fourth-order valence-electron chi connectivity index (χ4n) is 4.28. The van der Waals surface area contributed by atoms with Crippen molar-refractivity contribution in [3.8, 4) is 11.4 Å². The van der Waals surface area contributed by atoms with Gasteiger partial charge in [-0.25, -0.2) is 9.98 Å². The first-order valence-corrected chi connectivity index (χ1v) is 13.2. The topological polar surface area (TPSA) is 63.8 Å². The van der Waals surface area contributed by atoms with E-state index in [1.54, 1.807) is 24.7 Å². The number of amidine groups is 1. The Bertz CT molecular complexity index is 1690. The van der Waals surface area contributed by atoms with Crippen LogP contribution in [0.5, 0.6) is 5.75 Å². The third-order valence-electron chi connectivity index (χ3n) is 6.12. The quantitative estimate of drug-likeness (QED) is 0.139. The van der Waals surface area contributed by atoms with Crippen molar-refractivity contribution in [1.82, 2.24) is 15.0 Å². The molecule has 0 radical (unpaired) electrons. The van der Waals surface area contributed by atoms with Gasteiger partial charge in [0.2, 0.25) is 0 Å². The van der Waals surface area contributed by atoms with Crippen LogP contribution in [0.4, 0.5) is 18.9 Å². The summed E-state index contributed by atoms with van der Waals surface area (Å²) in [6, 6.07) is 21.6. The number of alkyl halides is 3. The predicted molar refractivity (Wildman–Crippen MR) is 153 cm³/mol. The number of thioether (sulfide) groups is 1. The molecule has 1 N–H and O–H groups in total. The second-order valence-electron chi connectivity index (χ2n) is 8.80. The molecule has 6 nitrogen and oxygen atoms in total. The molecule has 0 fully saturated rings. The summed E-state index contributed by atoms with van der Waals surface area (Å²) in [6.07, 6.45) is 0.610. The Balaban J connectivity index is 1.36. The van der Waals surface area contributed by atoms with Gasteiger partial charge < -0.3 is 4.74 Å². The van der Waals surface area contributed by atoms with Crippen molar-refractivity contribution < 1.29 is 17.9 Å². The second-order valence-corrected chi connectivity index (χ2v) is 9.60.